The first-order chi connectivity index (χ1) is 13.3. The van der Waals surface area contributed by atoms with Gasteiger partial charge in [0, 0.05) is 9.15 Å². The van der Waals surface area contributed by atoms with Gasteiger partial charge in [0.05, 0.1) is 12.6 Å². The minimum atomic E-state index is -0.831. The summed E-state index contributed by atoms with van der Waals surface area (Å²) in [6.07, 6.45) is 5.67. The molecule has 0 bridgehead atoms. The van der Waals surface area contributed by atoms with Crippen molar-refractivity contribution in [2.45, 2.75) is 38.3 Å². The van der Waals surface area contributed by atoms with E-state index in [1.807, 2.05) is 12.2 Å². The molecular formula is C20H24IN3O4. The van der Waals surface area contributed by atoms with Crippen molar-refractivity contribution in [2.75, 3.05) is 6.54 Å². The summed E-state index contributed by atoms with van der Waals surface area (Å²) in [6.45, 7) is 1.44. The molecule has 8 heteroatoms. The second-order valence-electron chi connectivity index (χ2n) is 6.62. The topological polar surface area (TPSA) is 122 Å². The predicted molar refractivity (Wildman–Crippen MR) is 115 cm³/mol. The quantitative estimate of drug-likeness (QED) is 0.406. The first kappa shape index (κ1) is 22.1. The van der Waals surface area contributed by atoms with Crippen LogP contribution in [0.25, 0.3) is 0 Å². The molecule has 2 amide bonds. The normalized spacial score (nSPS) is 15.7. The SMILES string of the molecule is C[C@@H](NC(=O)[C@@H](N)Cc1ccc(O)cc1)C(=O)NCC(=O)C1=C(I)C=CCC1. The van der Waals surface area contributed by atoms with E-state index in [0.29, 0.717) is 6.42 Å². The first-order valence-electron chi connectivity index (χ1n) is 8.98. The lowest BCUT2D eigenvalue weighted by atomic mass is 10.0. The summed E-state index contributed by atoms with van der Waals surface area (Å²) in [7, 11) is 0. The summed E-state index contributed by atoms with van der Waals surface area (Å²) in [5, 5.41) is 14.4. The summed E-state index contributed by atoms with van der Waals surface area (Å²) in [6, 6.07) is 4.76. The van der Waals surface area contributed by atoms with Crippen molar-refractivity contribution in [3.05, 3.63) is 51.1 Å². The van der Waals surface area contributed by atoms with Crippen LogP contribution < -0.4 is 16.4 Å². The zero-order valence-corrected chi connectivity index (χ0v) is 17.7. The molecule has 2 rings (SSSR count). The lowest BCUT2D eigenvalue weighted by Gasteiger charge is -2.18. The van der Waals surface area contributed by atoms with Gasteiger partial charge in [-0.05, 0) is 66.5 Å². The van der Waals surface area contributed by atoms with Crippen LogP contribution in [-0.4, -0.2) is 41.3 Å². The number of phenols is 1. The lowest BCUT2D eigenvalue weighted by molar-refractivity contribution is -0.129. The van der Waals surface area contributed by atoms with Crippen LogP contribution in [0.5, 0.6) is 5.75 Å². The summed E-state index contributed by atoms with van der Waals surface area (Å²) in [4.78, 5) is 36.7. The number of nitrogens with two attached hydrogens (primary N) is 1. The Kier molecular flexibility index (Phi) is 8.18. The minimum Gasteiger partial charge on any atom is -0.508 e. The van der Waals surface area contributed by atoms with Crippen molar-refractivity contribution in [2.24, 2.45) is 5.73 Å². The molecule has 0 aromatic heterocycles. The van der Waals surface area contributed by atoms with Crippen molar-refractivity contribution in [1.82, 2.24) is 10.6 Å². The molecule has 1 aromatic rings. The minimum absolute atomic E-state index is 0.103. The van der Waals surface area contributed by atoms with Crippen LogP contribution in [0, 0.1) is 0 Å². The zero-order chi connectivity index (χ0) is 20.7. The van der Waals surface area contributed by atoms with E-state index in [1.165, 1.54) is 19.1 Å². The number of benzene rings is 1. The van der Waals surface area contributed by atoms with E-state index in [9.17, 15) is 19.5 Å². The molecule has 150 valence electrons. The number of phenolic OH excluding ortho intramolecular Hbond substituents is 1. The third-order valence-electron chi connectivity index (χ3n) is 4.35. The number of allylic oxidation sites excluding steroid dienone is 3. The molecule has 5 N–H and O–H groups in total. The highest BCUT2D eigenvalue weighted by Gasteiger charge is 2.22. The van der Waals surface area contributed by atoms with Crippen LogP contribution in [0.4, 0.5) is 0 Å². The van der Waals surface area contributed by atoms with Crippen LogP contribution >= 0.6 is 22.6 Å². The van der Waals surface area contributed by atoms with E-state index in [1.54, 1.807) is 12.1 Å². The van der Waals surface area contributed by atoms with Crippen molar-refractivity contribution in [1.29, 1.82) is 0 Å². The standard InChI is InChI=1S/C20H24IN3O4/c1-12(19(27)23-11-18(26)15-4-2-3-5-16(15)21)24-20(28)17(22)10-13-6-8-14(25)9-7-13/h3,5-9,12,17,25H,2,4,10-11,22H2,1H3,(H,23,27)(H,24,28)/t12-,17+/m1/s1. The Morgan fingerprint density at radius 1 is 1.21 bits per heavy atom. The molecule has 0 fully saturated rings. The van der Waals surface area contributed by atoms with Crippen molar-refractivity contribution < 1.29 is 19.5 Å². The number of nitrogens with one attached hydrogen (secondary N) is 2. The number of aromatic hydroxyl groups is 1. The zero-order valence-electron chi connectivity index (χ0n) is 15.6. The van der Waals surface area contributed by atoms with Crippen LogP contribution in [-0.2, 0) is 20.8 Å². The summed E-state index contributed by atoms with van der Waals surface area (Å²) in [5.41, 5.74) is 7.41. The Labute approximate surface area is 177 Å². The highest BCUT2D eigenvalue weighted by Crippen LogP contribution is 2.24. The molecule has 0 aliphatic heterocycles. The van der Waals surface area contributed by atoms with E-state index < -0.39 is 23.9 Å². The monoisotopic (exact) mass is 497 g/mol. The van der Waals surface area contributed by atoms with Gasteiger partial charge in [-0.3, -0.25) is 14.4 Å². The highest BCUT2D eigenvalue weighted by atomic mass is 127. The van der Waals surface area contributed by atoms with Crippen LogP contribution in [0.2, 0.25) is 0 Å². The molecule has 0 radical (unpaired) electrons. The Balaban J connectivity index is 1.80. The number of hydrogen-bond acceptors (Lipinski definition) is 5. The van der Waals surface area contributed by atoms with E-state index in [4.69, 9.17) is 5.73 Å². The molecular weight excluding hydrogens is 473 g/mol. The smallest absolute Gasteiger partial charge is 0.242 e. The van der Waals surface area contributed by atoms with Crippen LogP contribution in [0.1, 0.15) is 25.3 Å². The van der Waals surface area contributed by atoms with Crippen molar-refractivity contribution >= 4 is 40.2 Å². The molecule has 0 spiro atoms. The fourth-order valence-corrected chi connectivity index (χ4v) is 3.52. The number of carbonyl (C=O) groups is 3. The molecule has 1 aromatic carbocycles. The van der Waals surface area contributed by atoms with E-state index >= 15 is 0 Å². The van der Waals surface area contributed by atoms with Crippen molar-refractivity contribution in [3.63, 3.8) is 0 Å². The van der Waals surface area contributed by atoms with Gasteiger partial charge in [-0.25, -0.2) is 0 Å². The number of amides is 2. The third-order valence-corrected chi connectivity index (χ3v) is 5.36. The van der Waals surface area contributed by atoms with Gasteiger partial charge >= 0.3 is 0 Å². The third kappa shape index (κ3) is 6.45. The molecule has 0 heterocycles. The van der Waals surface area contributed by atoms with E-state index in [0.717, 1.165) is 21.1 Å². The van der Waals surface area contributed by atoms with E-state index in [-0.39, 0.29) is 24.5 Å². The lowest BCUT2D eigenvalue weighted by Crippen LogP contribution is -2.51. The maximum atomic E-state index is 12.3. The molecule has 0 unspecified atom stereocenters. The maximum Gasteiger partial charge on any atom is 0.242 e. The summed E-state index contributed by atoms with van der Waals surface area (Å²) >= 11 is 2.11. The fourth-order valence-electron chi connectivity index (χ4n) is 2.70. The number of Topliss-reactive ketones (excluding diaryl/α,β-unsaturated/α-hetero) is 1. The van der Waals surface area contributed by atoms with Gasteiger partial charge < -0.3 is 21.5 Å². The molecule has 0 saturated carbocycles. The van der Waals surface area contributed by atoms with Gasteiger partial charge in [0.2, 0.25) is 11.8 Å². The van der Waals surface area contributed by atoms with Gasteiger partial charge in [-0.1, -0.05) is 24.3 Å². The number of hydrogen-bond donors (Lipinski definition) is 4. The number of rotatable bonds is 8. The van der Waals surface area contributed by atoms with Gasteiger partial charge in [0.25, 0.3) is 0 Å². The highest BCUT2D eigenvalue weighted by molar-refractivity contribution is 14.1. The molecule has 1 aliphatic rings. The molecule has 0 saturated heterocycles. The second-order valence-corrected chi connectivity index (χ2v) is 7.78. The molecule has 1 aliphatic carbocycles. The van der Waals surface area contributed by atoms with Gasteiger partial charge in [-0.2, -0.15) is 0 Å². The Morgan fingerprint density at radius 3 is 2.54 bits per heavy atom. The summed E-state index contributed by atoms with van der Waals surface area (Å²) in [5.74, 6) is -0.891. The van der Waals surface area contributed by atoms with Crippen LogP contribution in [0.3, 0.4) is 0 Å². The predicted octanol–water partition coefficient (Wildman–Crippen LogP) is 1.49. The average Bonchev–Trinajstić information content (AvgIpc) is 2.67. The Hall–Kier alpha value is -2.20. The molecule has 7 nitrogen and oxygen atoms in total. The second kappa shape index (κ2) is 10.4. The molecule has 28 heavy (non-hydrogen) atoms. The fraction of sp³-hybridized carbons (Fsp3) is 0.350. The number of ketones is 1. The largest absolute Gasteiger partial charge is 0.508 e. The first-order valence-corrected chi connectivity index (χ1v) is 10.1. The summed E-state index contributed by atoms with van der Waals surface area (Å²) < 4.78 is 0.893. The van der Waals surface area contributed by atoms with Crippen LogP contribution in [0.15, 0.2) is 45.6 Å². The van der Waals surface area contributed by atoms with Gasteiger partial charge in [0.1, 0.15) is 11.8 Å². The van der Waals surface area contributed by atoms with Crippen molar-refractivity contribution in [3.8, 4) is 5.75 Å². The van der Waals surface area contributed by atoms with E-state index in [2.05, 4.69) is 33.2 Å². The number of halogens is 1. The maximum absolute atomic E-state index is 12.3. The number of carbonyl (C=O) groups excluding carboxylic acids is 3. The Morgan fingerprint density at radius 2 is 1.89 bits per heavy atom. The Bertz CT molecular complexity index is 802. The molecule has 2 atom stereocenters. The van der Waals surface area contributed by atoms with Gasteiger partial charge in [0.15, 0.2) is 5.78 Å². The van der Waals surface area contributed by atoms with Gasteiger partial charge in [-0.15, -0.1) is 0 Å². The average molecular weight is 497 g/mol.